The molecule has 4 aromatic rings. The highest BCUT2D eigenvalue weighted by Gasteiger charge is 2.16. The molecule has 4 rings (SSSR count). The quantitative estimate of drug-likeness (QED) is 0.425. The van der Waals surface area contributed by atoms with Gasteiger partial charge in [0.05, 0.1) is 23.2 Å². The van der Waals surface area contributed by atoms with Crippen molar-refractivity contribution < 1.29 is 22.7 Å². The van der Waals surface area contributed by atoms with Crippen molar-refractivity contribution in [1.82, 2.24) is 4.98 Å². The van der Waals surface area contributed by atoms with Crippen LogP contribution in [0.3, 0.4) is 0 Å². The van der Waals surface area contributed by atoms with E-state index in [2.05, 4.69) is 14.4 Å². The number of pyridine rings is 1. The lowest BCUT2D eigenvalue weighted by Crippen LogP contribution is -2.13. The Kier molecular flexibility index (Phi) is 6.04. The zero-order valence-corrected chi connectivity index (χ0v) is 18.0. The van der Waals surface area contributed by atoms with Crippen molar-refractivity contribution in [1.29, 1.82) is 0 Å². The Morgan fingerprint density at radius 2 is 1.62 bits per heavy atom. The lowest BCUT2D eigenvalue weighted by molar-refractivity contribution is -0.142. The van der Waals surface area contributed by atoms with Crippen LogP contribution in [0.5, 0.6) is 5.75 Å². The van der Waals surface area contributed by atoms with Crippen molar-refractivity contribution in [3.05, 3.63) is 84.9 Å². The van der Waals surface area contributed by atoms with Crippen LogP contribution in [0.4, 0.5) is 5.69 Å². The number of sulfonamides is 1. The maximum atomic E-state index is 12.7. The summed E-state index contributed by atoms with van der Waals surface area (Å²) < 4.78 is 38.3. The number of aromatic nitrogens is 1. The molecule has 0 saturated carbocycles. The fourth-order valence-electron chi connectivity index (χ4n) is 3.14. The number of fused-ring (bicyclic) bond motifs is 1. The second-order valence-corrected chi connectivity index (χ2v) is 8.57. The van der Waals surface area contributed by atoms with Crippen LogP contribution in [0.2, 0.25) is 0 Å². The Bertz CT molecular complexity index is 1360. The molecule has 0 amide bonds. The summed E-state index contributed by atoms with van der Waals surface area (Å²) in [6.07, 6.45) is 0. The number of rotatable bonds is 7. The van der Waals surface area contributed by atoms with Gasteiger partial charge in [-0.05, 0) is 30.3 Å². The standard InChI is InChI=1S/C24H20N2O5S/c1-30-24(27)16-31-23-15-22(17-8-4-2-5-9-17)25-21-13-12-18(14-20(21)23)26-32(28,29)19-10-6-3-7-11-19/h2-15,26H,16H2,1H3. The molecule has 1 N–H and O–H groups in total. The molecule has 1 aromatic heterocycles. The van der Waals surface area contributed by atoms with Crippen LogP contribution in [0.25, 0.3) is 22.2 Å². The molecule has 0 spiro atoms. The van der Waals surface area contributed by atoms with Crippen molar-refractivity contribution in [3.63, 3.8) is 0 Å². The van der Waals surface area contributed by atoms with Crippen LogP contribution >= 0.6 is 0 Å². The summed E-state index contributed by atoms with van der Waals surface area (Å²) >= 11 is 0. The normalized spacial score (nSPS) is 11.2. The molecular weight excluding hydrogens is 428 g/mol. The molecule has 0 saturated heterocycles. The van der Waals surface area contributed by atoms with Crippen LogP contribution in [0, 0.1) is 0 Å². The highest BCUT2D eigenvalue weighted by Crippen LogP contribution is 2.32. The molecule has 0 radical (unpaired) electrons. The van der Waals surface area contributed by atoms with E-state index in [1.165, 1.54) is 19.2 Å². The van der Waals surface area contributed by atoms with Gasteiger partial charge in [0.2, 0.25) is 0 Å². The third-order valence-corrected chi connectivity index (χ3v) is 6.12. The SMILES string of the molecule is COC(=O)COc1cc(-c2ccccc2)nc2ccc(NS(=O)(=O)c3ccccc3)cc12. The van der Waals surface area contributed by atoms with E-state index in [1.54, 1.807) is 42.5 Å². The average molecular weight is 449 g/mol. The van der Waals surface area contributed by atoms with Gasteiger partial charge in [-0.1, -0.05) is 48.5 Å². The lowest BCUT2D eigenvalue weighted by Gasteiger charge is -2.13. The largest absolute Gasteiger partial charge is 0.481 e. The number of benzene rings is 3. The molecule has 0 bridgehead atoms. The molecule has 1 heterocycles. The number of anilines is 1. The van der Waals surface area contributed by atoms with E-state index in [1.807, 2.05) is 30.3 Å². The zero-order chi connectivity index (χ0) is 22.6. The fourth-order valence-corrected chi connectivity index (χ4v) is 4.21. The second kappa shape index (κ2) is 9.07. The minimum Gasteiger partial charge on any atom is -0.481 e. The predicted molar refractivity (Wildman–Crippen MR) is 122 cm³/mol. The molecule has 162 valence electrons. The first-order valence-electron chi connectivity index (χ1n) is 9.74. The molecule has 32 heavy (non-hydrogen) atoms. The number of carbonyl (C=O) groups is 1. The third-order valence-electron chi connectivity index (χ3n) is 4.72. The first-order valence-corrected chi connectivity index (χ1v) is 11.2. The fraction of sp³-hybridized carbons (Fsp3) is 0.0833. The molecule has 0 aliphatic heterocycles. The first-order chi connectivity index (χ1) is 15.5. The molecule has 0 aliphatic rings. The molecular formula is C24H20N2O5S. The second-order valence-electron chi connectivity index (χ2n) is 6.89. The minimum atomic E-state index is -3.76. The molecule has 0 atom stereocenters. The summed E-state index contributed by atoms with van der Waals surface area (Å²) in [4.78, 5) is 16.5. The van der Waals surface area contributed by atoms with Crippen molar-refractivity contribution in [3.8, 4) is 17.0 Å². The number of methoxy groups -OCH3 is 1. The van der Waals surface area contributed by atoms with Gasteiger partial charge in [0.1, 0.15) is 5.75 Å². The smallest absolute Gasteiger partial charge is 0.343 e. The topological polar surface area (TPSA) is 94.6 Å². The molecule has 0 fully saturated rings. The van der Waals surface area contributed by atoms with Crippen molar-refractivity contribution in [2.45, 2.75) is 4.90 Å². The monoisotopic (exact) mass is 448 g/mol. The molecule has 7 nitrogen and oxygen atoms in total. The Balaban J connectivity index is 1.76. The number of carbonyl (C=O) groups excluding carboxylic acids is 1. The van der Waals surface area contributed by atoms with E-state index in [0.717, 1.165) is 5.56 Å². The third kappa shape index (κ3) is 4.70. The maximum Gasteiger partial charge on any atom is 0.343 e. The van der Waals surface area contributed by atoms with Crippen LogP contribution < -0.4 is 9.46 Å². The Hall–Kier alpha value is -3.91. The van der Waals surface area contributed by atoms with Crippen LogP contribution in [-0.4, -0.2) is 33.1 Å². The van der Waals surface area contributed by atoms with E-state index in [4.69, 9.17) is 4.74 Å². The first kappa shape index (κ1) is 21.3. The number of nitrogens with one attached hydrogen (secondary N) is 1. The summed E-state index contributed by atoms with van der Waals surface area (Å²) in [5, 5.41) is 0.557. The van der Waals surface area contributed by atoms with Gasteiger partial charge in [-0.2, -0.15) is 0 Å². The average Bonchev–Trinajstić information content (AvgIpc) is 2.83. The van der Waals surface area contributed by atoms with Crippen LogP contribution in [0.15, 0.2) is 89.8 Å². The highest BCUT2D eigenvalue weighted by molar-refractivity contribution is 7.92. The molecule has 8 heteroatoms. The number of ether oxygens (including phenoxy) is 2. The Morgan fingerprint density at radius 3 is 2.31 bits per heavy atom. The molecule has 0 unspecified atom stereocenters. The van der Waals surface area contributed by atoms with Gasteiger partial charge < -0.3 is 9.47 Å². The van der Waals surface area contributed by atoms with Gasteiger partial charge in [-0.3, -0.25) is 4.72 Å². The number of hydrogen-bond acceptors (Lipinski definition) is 6. The van der Waals surface area contributed by atoms with Crippen LogP contribution in [-0.2, 0) is 19.6 Å². The van der Waals surface area contributed by atoms with Crippen molar-refractivity contribution in [2.75, 3.05) is 18.4 Å². The highest BCUT2D eigenvalue weighted by atomic mass is 32.2. The molecule has 3 aromatic carbocycles. The van der Waals surface area contributed by atoms with E-state index in [-0.39, 0.29) is 11.5 Å². The summed E-state index contributed by atoms with van der Waals surface area (Å²) in [6.45, 7) is -0.288. The number of hydrogen-bond donors (Lipinski definition) is 1. The van der Waals surface area contributed by atoms with Crippen LogP contribution in [0.1, 0.15) is 0 Å². The van der Waals surface area contributed by atoms with Gasteiger partial charge in [0.15, 0.2) is 6.61 Å². The zero-order valence-electron chi connectivity index (χ0n) is 17.2. The number of nitrogens with zero attached hydrogens (tertiary/aromatic N) is 1. The van der Waals surface area contributed by atoms with Gasteiger partial charge in [-0.25, -0.2) is 18.2 Å². The summed E-state index contributed by atoms with van der Waals surface area (Å²) in [5.41, 5.74) is 2.48. The Labute approximate surface area is 185 Å². The van der Waals surface area contributed by atoms with E-state index >= 15 is 0 Å². The van der Waals surface area contributed by atoms with Crippen molar-refractivity contribution in [2.24, 2.45) is 0 Å². The van der Waals surface area contributed by atoms with E-state index in [9.17, 15) is 13.2 Å². The van der Waals surface area contributed by atoms with Gasteiger partial charge >= 0.3 is 5.97 Å². The van der Waals surface area contributed by atoms with Gasteiger partial charge in [-0.15, -0.1) is 0 Å². The van der Waals surface area contributed by atoms with E-state index in [0.29, 0.717) is 28.0 Å². The summed E-state index contributed by atoms with van der Waals surface area (Å²) in [5.74, 6) is -0.142. The number of esters is 1. The summed E-state index contributed by atoms with van der Waals surface area (Å²) in [7, 11) is -2.48. The minimum absolute atomic E-state index is 0.153. The summed E-state index contributed by atoms with van der Waals surface area (Å²) in [6, 6.07) is 24.3. The molecule has 0 aliphatic carbocycles. The van der Waals surface area contributed by atoms with Gasteiger partial charge in [0.25, 0.3) is 10.0 Å². The maximum absolute atomic E-state index is 12.7. The van der Waals surface area contributed by atoms with E-state index < -0.39 is 16.0 Å². The predicted octanol–water partition coefficient (Wildman–Crippen LogP) is 4.25. The van der Waals surface area contributed by atoms with Gasteiger partial charge in [0, 0.05) is 22.7 Å². The van der Waals surface area contributed by atoms with Crippen molar-refractivity contribution >= 4 is 32.6 Å². The Morgan fingerprint density at radius 1 is 0.938 bits per heavy atom. The lowest BCUT2D eigenvalue weighted by atomic mass is 10.1.